The Bertz CT molecular complexity index is 402. The lowest BCUT2D eigenvalue weighted by atomic mass is 10.2. The van der Waals surface area contributed by atoms with Crippen molar-refractivity contribution < 1.29 is 18.8 Å². The van der Waals surface area contributed by atoms with E-state index in [2.05, 4.69) is 5.32 Å². The minimum absolute atomic E-state index is 0.0430. The number of carbonyl (C=O) groups is 1. The number of amides is 1. The fraction of sp³-hybridized carbons (Fsp3) is 0.462. The second-order valence-corrected chi connectivity index (χ2v) is 4.49. The third-order valence-corrected chi connectivity index (χ3v) is 3.25. The molecule has 0 aliphatic carbocycles. The molecule has 5 heteroatoms. The Balaban J connectivity index is 1.92. The first kappa shape index (κ1) is 13.0. The number of halogens is 1. The summed E-state index contributed by atoms with van der Waals surface area (Å²) >= 11 is 0. The zero-order valence-electron chi connectivity index (χ0n) is 10.4. The first-order valence-corrected chi connectivity index (χ1v) is 6.15. The van der Waals surface area contributed by atoms with Crippen molar-refractivity contribution in [3.8, 4) is 0 Å². The van der Waals surface area contributed by atoms with Crippen LogP contribution in [0.1, 0.15) is 6.92 Å². The van der Waals surface area contributed by atoms with Crippen LogP contribution in [0, 0.1) is 5.82 Å². The van der Waals surface area contributed by atoms with E-state index in [1.165, 1.54) is 17.0 Å². The topological polar surface area (TPSA) is 42.8 Å². The lowest BCUT2D eigenvalue weighted by Crippen LogP contribution is -3.18. The highest BCUT2D eigenvalue weighted by Gasteiger charge is 2.26. The Morgan fingerprint density at radius 3 is 2.56 bits per heavy atom. The molecule has 2 rings (SSSR count). The molecule has 0 radical (unpaired) electrons. The average Bonchev–Trinajstić information content (AvgIpc) is 2.41. The standard InChI is InChI=1S/C13H17FN2O2/c1-10(16-6-8-18-9-7-16)13(17)15-12-4-2-11(14)3-5-12/h2-5,10H,6-9H2,1H3,(H,15,17)/p+1/t10-/m1/s1. The molecule has 1 aliphatic heterocycles. The van der Waals surface area contributed by atoms with Crippen LogP contribution in [0.4, 0.5) is 10.1 Å². The molecule has 1 heterocycles. The first-order chi connectivity index (χ1) is 8.66. The fourth-order valence-electron chi connectivity index (χ4n) is 2.04. The molecule has 1 aromatic rings. The third kappa shape index (κ3) is 3.27. The van der Waals surface area contributed by atoms with Crippen LogP contribution in [-0.4, -0.2) is 38.3 Å². The normalized spacial score (nSPS) is 18.3. The van der Waals surface area contributed by atoms with E-state index >= 15 is 0 Å². The molecule has 98 valence electrons. The molecule has 18 heavy (non-hydrogen) atoms. The number of ether oxygens (including phenoxy) is 1. The van der Waals surface area contributed by atoms with E-state index in [0.717, 1.165) is 13.1 Å². The van der Waals surface area contributed by atoms with Crippen molar-refractivity contribution in [1.29, 1.82) is 0 Å². The zero-order chi connectivity index (χ0) is 13.0. The van der Waals surface area contributed by atoms with E-state index in [9.17, 15) is 9.18 Å². The summed E-state index contributed by atoms with van der Waals surface area (Å²) in [6.07, 6.45) is 0. The molecule has 1 atom stereocenters. The Kier molecular flexibility index (Phi) is 4.28. The van der Waals surface area contributed by atoms with Gasteiger partial charge in [0.2, 0.25) is 0 Å². The predicted molar refractivity (Wildman–Crippen MR) is 66.0 cm³/mol. The number of quaternary nitrogens is 1. The largest absolute Gasteiger partial charge is 0.370 e. The summed E-state index contributed by atoms with van der Waals surface area (Å²) in [6.45, 7) is 4.99. The Hall–Kier alpha value is -1.46. The molecule has 1 aliphatic rings. The highest BCUT2D eigenvalue weighted by molar-refractivity contribution is 5.93. The van der Waals surface area contributed by atoms with Crippen molar-refractivity contribution in [2.24, 2.45) is 0 Å². The van der Waals surface area contributed by atoms with Crippen molar-refractivity contribution >= 4 is 11.6 Å². The summed E-state index contributed by atoms with van der Waals surface area (Å²) in [5, 5.41) is 2.80. The van der Waals surface area contributed by atoms with Gasteiger partial charge in [0.05, 0.1) is 13.2 Å². The monoisotopic (exact) mass is 253 g/mol. The second kappa shape index (κ2) is 5.93. The van der Waals surface area contributed by atoms with E-state index < -0.39 is 0 Å². The van der Waals surface area contributed by atoms with Crippen molar-refractivity contribution in [2.45, 2.75) is 13.0 Å². The van der Waals surface area contributed by atoms with Gasteiger partial charge in [-0.1, -0.05) is 0 Å². The molecule has 1 amide bonds. The summed E-state index contributed by atoms with van der Waals surface area (Å²) in [5.74, 6) is -0.349. The molecule has 1 saturated heterocycles. The van der Waals surface area contributed by atoms with Gasteiger partial charge in [-0.05, 0) is 31.2 Å². The van der Waals surface area contributed by atoms with Gasteiger partial charge in [-0.2, -0.15) is 0 Å². The number of morpholine rings is 1. The van der Waals surface area contributed by atoms with Crippen LogP contribution in [0.5, 0.6) is 0 Å². The van der Waals surface area contributed by atoms with Gasteiger partial charge >= 0.3 is 0 Å². The number of hydrogen-bond donors (Lipinski definition) is 2. The summed E-state index contributed by atoms with van der Waals surface area (Å²) in [6, 6.07) is 5.67. The number of carbonyl (C=O) groups excluding carboxylic acids is 1. The van der Waals surface area contributed by atoms with E-state index in [-0.39, 0.29) is 17.8 Å². The lowest BCUT2D eigenvalue weighted by Gasteiger charge is -2.28. The molecule has 0 bridgehead atoms. The minimum atomic E-state index is -0.306. The Labute approximate surface area is 106 Å². The first-order valence-electron chi connectivity index (χ1n) is 6.15. The fourth-order valence-corrected chi connectivity index (χ4v) is 2.04. The number of hydrogen-bond acceptors (Lipinski definition) is 2. The van der Waals surface area contributed by atoms with Gasteiger partial charge in [-0.3, -0.25) is 4.79 Å². The summed E-state index contributed by atoms with van der Waals surface area (Å²) < 4.78 is 18.0. The average molecular weight is 253 g/mol. The SMILES string of the molecule is C[C@H](C(=O)Nc1ccc(F)cc1)[NH+]1CCOCC1. The zero-order valence-corrected chi connectivity index (χ0v) is 10.4. The maximum atomic E-state index is 12.7. The highest BCUT2D eigenvalue weighted by atomic mass is 19.1. The van der Waals surface area contributed by atoms with E-state index in [1.807, 2.05) is 6.92 Å². The smallest absolute Gasteiger partial charge is 0.282 e. The van der Waals surface area contributed by atoms with Crippen LogP contribution in [0.15, 0.2) is 24.3 Å². The van der Waals surface area contributed by atoms with Gasteiger partial charge in [0.15, 0.2) is 6.04 Å². The number of benzene rings is 1. The minimum Gasteiger partial charge on any atom is -0.370 e. The van der Waals surface area contributed by atoms with Crippen LogP contribution >= 0.6 is 0 Å². The number of rotatable bonds is 3. The summed E-state index contributed by atoms with van der Waals surface area (Å²) in [7, 11) is 0. The van der Waals surface area contributed by atoms with E-state index in [1.54, 1.807) is 12.1 Å². The quantitative estimate of drug-likeness (QED) is 0.800. The summed E-state index contributed by atoms with van der Waals surface area (Å²) in [4.78, 5) is 13.3. The van der Waals surface area contributed by atoms with Gasteiger partial charge < -0.3 is 15.0 Å². The van der Waals surface area contributed by atoms with Gasteiger partial charge in [-0.25, -0.2) is 4.39 Å². The van der Waals surface area contributed by atoms with Gasteiger partial charge in [0, 0.05) is 5.69 Å². The van der Waals surface area contributed by atoms with Crippen LogP contribution in [0.3, 0.4) is 0 Å². The Morgan fingerprint density at radius 2 is 1.94 bits per heavy atom. The number of nitrogens with one attached hydrogen (secondary N) is 2. The number of anilines is 1. The van der Waals surface area contributed by atoms with Gasteiger partial charge in [0.25, 0.3) is 5.91 Å². The van der Waals surface area contributed by atoms with Crippen LogP contribution < -0.4 is 10.2 Å². The molecular weight excluding hydrogens is 235 g/mol. The third-order valence-electron chi connectivity index (χ3n) is 3.25. The van der Waals surface area contributed by atoms with Crippen LogP contribution in [-0.2, 0) is 9.53 Å². The van der Waals surface area contributed by atoms with Crippen LogP contribution in [0.2, 0.25) is 0 Å². The van der Waals surface area contributed by atoms with Crippen molar-refractivity contribution in [2.75, 3.05) is 31.6 Å². The predicted octanol–water partition coefficient (Wildman–Crippen LogP) is 0.0678. The molecule has 0 saturated carbocycles. The maximum absolute atomic E-state index is 12.7. The van der Waals surface area contributed by atoms with Gasteiger partial charge in [-0.15, -0.1) is 0 Å². The lowest BCUT2D eigenvalue weighted by molar-refractivity contribution is -0.921. The maximum Gasteiger partial charge on any atom is 0.282 e. The molecule has 1 aromatic carbocycles. The molecule has 1 fully saturated rings. The van der Waals surface area contributed by atoms with Gasteiger partial charge in [0.1, 0.15) is 18.9 Å². The molecule has 4 nitrogen and oxygen atoms in total. The summed E-state index contributed by atoms with van der Waals surface area (Å²) in [5.41, 5.74) is 0.626. The highest BCUT2D eigenvalue weighted by Crippen LogP contribution is 2.08. The van der Waals surface area contributed by atoms with Crippen LogP contribution in [0.25, 0.3) is 0 Å². The van der Waals surface area contributed by atoms with Crippen molar-refractivity contribution in [3.63, 3.8) is 0 Å². The van der Waals surface area contributed by atoms with Crippen molar-refractivity contribution in [1.82, 2.24) is 0 Å². The molecule has 0 spiro atoms. The van der Waals surface area contributed by atoms with E-state index in [0.29, 0.717) is 18.9 Å². The van der Waals surface area contributed by atoms with E-state index in [4.69, 9.17) is 4.74 Å². The molecule has 2 N–H and O–H groups in total. The Morgan fingerprint density at radius 1 is 1.33 bits per heavy atom. The van der Waals surface area contributed by atoms with Crippen molar-refractivity contribution in [3.05, 3.63) is 30.1 Å². The molecular formula is C13H18FN2O2+. The second-order valence-electron chi connectivity index (χ2n) is 4.49. The molecule has 0 unspecified atom stereocenters. The molecule has 0 aromatic heterocycles.